The number of carbonyl (C=O) groups excluding carboxylic acids is 2. The van der Waals surface area contributed by atoms with Crippen LogP contribution < -0.4 is 0 Å². The lowest BCUT2D eigenvalue weighted by molar-refractivity contribution is -0.159. The molecule has 148 valence electrons. The molecule has 0 aliphatic heterocycles. The molecule has 0 rings (SSSR count). The molecule has 0 aliphatic rings. The molecule has 25 heavy (non-hydrogen) atoms. The van der Waals surface area contributed by atoms with Crippen molar-refractivity contribution in [2.45, 2.75) is 47.5 Å². The van der Waals surface area contributed by atoms with Gasteiger partial charge in [-0.25, -0.2) is 0 Å². The average molecular weight is 361 g/mol. The highest BCUT2D eigenvalue weighted by Gasteiger charge is 2.35. The van der Waals surface area contributed by atoms with Crippen LogP contribution in [0, 0.1) is 11.3 Å². The second-order valence-electron chi connectivity index (χ2n) is 6.56. The van der Waals surface area contributed by atoms with Gasteiger partial charge in [0.1, 0.15) is 13.2 Å². The lowest BCUT2D eigenvalue weighted by atomic mass is 9.81. The van der Waals surface area contributed by atoms with Gasteiger partial charge in [0.2, 0.25) is 0 Å². The zero-order chi connectivity index (χ0) is 19.3. The highest BCUT2D eigenvalue weighted by Crippen LogP contribution is 2.29. The monoisotopic (exact) mass is 361 g/mol. The number of hydrogen-bond donors (Lipinski definition) is 1. The summed E-state index contributed by atoms with van der Waals surface area (Å²) in [5, 5.41) is 8.73. The minimum absolute atomic E-state index is 0.0237. The van der Waals surface area contributed by atoms with Crippen molar-refractivity contribution in [1.82, 2.24) is 4.90 Å². The van der Waals surface area contributed by atoms with Crippen molar-refractivity contribution in [3.05, 3.63) is 0 Å². The molecule has 7 heteroatoms. The Kier molecular flexibility index (Phi) is 12.5. The highest BCUT2D eigenvalue weighted by molar-refractivity contribution is 5.78. The van der Waals surface area contributed by atoms with Gasteiger partial charge < -0.3 is 19.3 Å². The number of esters is 2. The van der Waals surface area contributed by atoms with E-state index in [2.05, 4.69) is 18.7 Å². The first-order valence-corrected chi connectivity index (χ1v) is 9.07. The molecule has 0 spiro atoms. The van der Waals surface area contributed by atoms with Crippen molar-refractivity contribution in [1.29, 1.82) is 0 Å². The van der Waals surface area contributed by atoms with Crippen molar-refractivity contribution in [2.24, 2.45) is 11.3 Å². The minimum atomic E-state index is -0.794. The lowest BCUT2D eigenvalue weighted by Gasteiger charge is -2.26. The van der Waals surface area contributed by atoms with E-state index < -0.39 is 11.3 Å². The first-order chi connectivity index (χ1) is 11.8. The van der Waals surface area contributed by atoms with E-state index in [4.69, 9.17) is 19.3 Å². The quantitative estimate of drug-likeness (QED) is 0.287. The summed E-state index contributed by atoms with van der Waals surface area (Å²) in [5.41, 5.74) is -0.794. The molecule has 0 saturated carbocycles. The Bertz CT molecular complexity index is 382. The summed E-state index contributed by atoms with van der Waals surface area (Å²) < 4.78 is 15.7. The van der Waals surface area contributed by atoms with Crippen molar-refractivity contribution >= 4 is 11.9 Å². The molecule has 0 bridgehead atoms. The molecule has 0 fully saturated rings. The molecule has 1 atom stereocenters. The summed E-state index contributed by atoms with van der Waals surface area (Å²) in [5.74, 6) is -1.14. The van der Waals surface area contributed by atoms with Crippen LogP contribution in [-0.2, 0) is 23.8 Å². The van der Waals surface area contributed by atoms with Crippen LogP contribution in [0.3, 0.4) is 0 Å². The number of nitrogens with zero attached hydrogens (tertiary/aromatic N) is 1. The largest absolute Gasteiger partial charge is 0.463 e. The van der Waals surface area contributed by atoms with Gasteiger partial charge in [0.15, 0.2) is 0 Å². The maximum atomic E-state index is 12.3. The molecule has 0 aromatic heterocycles. The molecule has 1 unspecified atom stereocenters. The summed E-state index contributed by atoms with van der Waals surface area (Å²) in [4.78, 5) is 26.3. The molecule has 0 aromatic rings. The minimum Gasteiger partial charge on any atom is -0.463 e. The molecule has 7 nitrogen and oxygen atoms in total. The fourth-order valence-electron chi connectivity index (χ4n) is 2.35. The Morgan fingerprint density at radius 3 is 2.20 bits per heavy atom. The van der Waals surface area contributed by atoms with Gasteiger partial charge in [-0.05, 0) is 39.8 Å². The number of aliphatic hydroxyl groups is 1. The zero-order valence-electron chi connectivity index (χ0n) is 16.4. The molecular formula is C18H35NO6. The van der Waals surface area contributed by atoms with E-state index in [-0.39, 0.29) is 31.8 Å². The van der Waals surface area contributed by atoms with E-state index in [0.717, 1.165) is 13.1 Å². The van der Waals surface area contributed by atoms with Crippen molar-refractivity contribution in [3.63, 3.8) is 0 Å². The van der Waals surface area contributed by atoms with E-state index in [1.807, 2.05) is 6.92 Å². The lowest BCUT2D eigenvalue weighted by Crippen LogP contribution is -2.33. The van der Waals surface area contributed by atoms with Gasteiger partial charge >= 0.3 is 11.9 Å². The van der Waals surface area contributed by atoms with Crippen LogP contribution in [-0.4, -0.2) is 68.2 Å². The molecule has 0 amide bonds. The fraction of sp³-hybridized carbons (Fsp3) is 0.889. The predicted molar refractivity (Wildman–Crippen MR) is 94.9 cm³/mol. The van der Waals surface area contributed by atoms with Crippen molar-refractivity contribution in [3.8, 4) is 0 Å². The van der Waals surface area contributed by atoms with Gasteiger partial charge in [0.05, 0.1) is 31.3 Å². The van der Waals surface area contributed by atoms with Crippen LogP contribution in [0.2, 0.25) is 0 Å². The van der Waals surface area contributed by atoms with E-state index in [9.17, 15) is 9.59 Å². The summed E-state index contributed by atoms with van der Waals surface area (Å²) in [6, 6.07) is 0. The second-order valence-corrected chi connectivity index (χ2v) is 6.56. The van der Waals surface area contributed by atoms with E-state index in [0.29, 0.717) is 26.2 Å². The van der Waals surface area contributed by atoms with Crippen LogP contribution in [0.15, 0.2) is 0 Å². The number of hydrogen-bond acceptors (Lipinski definition) is 7. The van der Waals surface area contributed by atoms with E-state index in [1.54, 1.807) is 13.8 Å². The summed E-state index contributed by atoms with van der Waals surface area (Å²) in [6.07, 6.45) is 0.904. The maximum absolute atomic E-state index is 12.3. The maximum Gasteiger partial charge on any atom is 0.311 e. The van der Waals surface area contributed by atoms with Gasteiger partial charge in [0, 0.05) is 0 Å². The molecule has 1 N–H and O–H groups in total. The van der Waals surface area contributed by atoms with Crippen LogP contribution in [0.4, 0.5) is 0 Å². The third-order valence-corrected chi connectivity index (χ3v) is 4.10. The number of carbonyl (C=O) groups is 2. The normalized spacial score (nSPS) is 12.9. The van der Waals surface area contributed by atoms with Crippen LogP contribution in [0.25, 0.3) is 0 Å². The predicted octanol–water partition coefficient (Wildman–Crippen LogP) is 1.82. The number of rotatable bonds is 14. The Morgan fingerprint density at radius 1 is 1.04 bits per heavy atom. The van der Waals surface area contributed by atoms with Crippen LogP contribution >= 0.6 is 0 Å². The van der Waals surface area contributed by atoms with E-state index >= 15 is 0 Å². The third kappa shape index (κ3) is 9.77. The standard InChI is InChI=1S/C18H35NO6/c1-6-15(16(21)24-10-9-20)13-18(4,5)17(22)25-12-11-23-14-19(7-2)8-3/h15,20H,6-14H2,1-5H3. The number of ether oxygens (including phenoxy) is 3. The SMILES string of the molecule is CCC(CC(C)(C)C(=O)OCCOCN(CC)CC)C(=O)OCCO. The highest BCUT2D eigenvalue weighted by atomic mass is 16.6. The van der Waals surface area contributed by atoms with Gasteiger partial charge in [-0.3, -0.25) is 14.5 Å². The van der Waals surface area contributed by atoms with Crippen LogP contribution in [0.5, 0.6) is 0 Å². The molecular weight excluding hydrogens is 326 g/mol. The van der Waals surface area contributed by atoms with Crippen LogP contribution in [0.1, 0.15) is 47.5 Å². The third-order valence-electron chi connectivity index (χ3n) is 4.10. The average Bonchev–Trinajstić information content (AvgIpc) is 2.60. The van der Waals surface area contributed by atoms with Gasteiger partial charge in [-0.2, -0.15) is 0 Å². The van der Waals surface area contributed by atoms with Crippen molar-refractivity contribution < 1.29 is 28.9 Å². The fourth-order valence-corrected chi connectivity index (χ4v) is 2.35. The molecule has 0 radical (unpaired) electrons. The summed E-state index contributed by atoms with van der Waals surface area (Å²) >= 11 is 0. The smallest absolute Gasteiger partial charge is 0.311 e. The Labute approximate surface area is 151 Å². The number of aliphatic hydroxyl groups excluding tert-OH is 1. The zero-order valence-corrected chi connectivity index (χ0v) is 16.4. The molecule has 0 saturated heterocycles. The van der Waals surface area contributed by atoms with Gasteiger partial charge in [0.25, 0.3) is 0 Å². The molecule has 0 aromatic carbocycles. The van der Waals surface area contributed by atoms with Gasteiger partial charge in [-0.15, -0.1) is 0 Å². The Hall–Kier alpha value is -1.18. The first kappa shape index (κ1) is 23.8. The first-order valence-electron chi connectivity index (χ1n) is 9.07. The second kappa shape index (κ2) is 13.1. The molecule has 0 heterocycles. The van der Waals surface area contributed by atoms with E-state index in [1.165, 1.54) is 0 Å². The van der Waals surface area contributed by atoms with Gasteiger partial charge in [-0.1, -0.05) is 20.8 Å². The topological polar surface area (TPSA) is 85.3 Å². The van der Waals surface area contributed by atoms with Crippen molar-refractivity contribution in [2.75, 3.05) is 46.2 Å². The summed E-state index contributed by atoms with van der Waals surface area (Å²) in [6.45, 7) is 12.1. The Morgan fingerprint density at radius 2 is 1.68 bits per heavy atom. The summed E-state index contributed by atoms with van der Waals surface area (Å²) in [7, 11) is 0. The molecule has 0 aliphatic carbocycles. The Balaban J connectivity index is 4.27.